The lowest BCUT2D eigenvalue weighted by molar-refractivity contribution is 0.433. The van der Waals surface area contributed by atoms with Crippen molar-refractivity contribution in [1.29, 1.82) is 0 Å². The lowest BCUT2D eigenvalue weighted by Gasteiger charge is -2.43. The molecule has 3 aliphatic rings. The van der Waals surface area contributed by atoms with Crippen molar-refractivity contribution in [3.05, 3.63) is 270 Å². The molecule has 0 saturated carbocycles. The van der Waals surface area contributed by atoms with Crippen molar-refractivity contribution in [3.63, 3.8) is 0 Å². The fourth-order valence-electron chi connectivity index (χ4n) is 11.9. The molecule has 2 heterocycles. The number of nitrogens with zero attached hydrogens (tertiary/aromatic N) is 3. The van der Waals surface area contributed by atoms with E-state index in [1.807, 2.05) is 18.2 Å². The van der Waals surface area contributed by atoms with Crippen LogP contribution in [0, 0.1) is 0 Å². The minimum atomic E-state index is -0.839. The van der Waals surface area contributed by atoms with Crippen LogP contribution in [0.15, 0.2) is 237 Å². The van der Waals surface area contributed by atoms with Crippen LogP contribution in [0.1, 0.15) is 47.2 Å². The number of hydrogen-bond acceptors (Lipinski definition) is 4. The fourth-order valence-corrected chi connectivity index (χ4v) is 11.9. The van der Waals surface area contributed by atoms with E-state index >= 15 is 0 Å². The number of hydrogen-bond donors (Lipinski definition) is 0. The van der Waals surface area contributed by atoms with E-state index in [0.717, 1.165) is 72.7 Å². The monoisotopic (exact) mass is 907 g/mol. The summed E-state index contributed by atoms with van der Waals surface area (Å²) in [5.41, 5.74) is 20.4. The van der Waals surface area contributed by atoms with Gasteiger partial charge < -0.3 is 4.74 Å². The highest BCUT2D eigenvalue weighted by Crippen LogP contribution is 2.63. The Morgan fingerprint density at radius 3 is 1.37 bits per heavy atom. The second-order valence-electron chi connectivity index (χ2n) is 19.5. The lowest BCUT2D eigenvalue weighted by atomic mass is 9.61. The van der Waals surface area contributed by atoms with Gasteiger partial charge in [0.2, 0.25) is 0 Å². The van der Waals surface area contributed by atoms with Gasteiger partial charge in [-0.2, -0.15) is 0 Å². The van der Waals surface area contributed by atoms with Crippen molar-refractivity contribution >= 4 is 0 Å². The van der Waals surface area contributed by atoms with Crippen molar-refractivity contribution in [2.24, 2.45) is 0 Å². The van der Waals surface area contributed by atoms with Crippen LogP contribution in [-0.4, -0.2) is 15.0 Å². The van der Waals surface area contributed by atoms with Crippen molar-refractivity contribution in [3.8, 4) is 101 Å². The maximum atomic E-state index is 7.16. The zero-order valence-electron chi connectivity index (χ0n) is 39.3. The van der Waals surface area contributed by atoms with E-state index in [1.54, 1.807) is 0 Å². The molecular weight excluding hydrogens is 863 g/mol. The van der Waals surface area contributed by atoms with Gasteiger partial charge >= 0.3 is 0 Å². The van der Waals surface area contributed by atoms with Crippen LogP contribution >= 0.6 is 0 Å². The lowest BCUT2D eigenvalue weighted by Crippen LogP contribution is -2.35. The number of ether oxygens (including phenoxy) is 1. The highest BCUT2D eigenvalue weighted by atomic mass is 16.5. The smallest absolute Gasteiger partial charge is 0.164 e. The first kappa shape index (κ1) is 41.0. The van der Waals surface area contributed by atoms with Crippen LogP contribution in [0.5, 0.6) is 11.5 Å². The molecule has 10 aromatic carbocycles. The van der Waals surface area contributed by atoms with Gasteiger partial charge in [-0.25, -0.2) is 15.0 Å². The molecule has 11 aromatic rings. The summed E-state index contributed by atoms with van der Waals surface area (Å²) in [7, 11) is 0. The molecule has 0 radical (unpaired) electrons. The molecule has 0 amide bonds. The molecule has 1 atom stereocenters. The van der Waals surface area contributed by atoms with Gasteiger partial charge in [-0.15, -0.1) is 0 Å². The molecule has 4 heteroatoms. The Labute approximate surface area is 413 Å². The van der Waals surface area contributed by atoms with Crippen LogP contribution in [0.25, 0.3) is 89.8 Å². The Kier molecular flexibility index (Phi) is 9.12. The van der Waals surface area contributed by atoms with E-state index in [0.29, 0.717) is 17.5 Å². The van der Waals surface area contributed by atoms with Gasteiger partial charge in [0.05, 0.1) is 5.41 Å². The number of para-hydroxylation sites is 1. The maximum absolute atomic E-state index is 7.16. The summed E-state index contributed by atoms with van der Waals surface area (Å²) >= 11 is 0. The van der Waals surface area contributed by atoms with E-state index in [9.17, 15) is 0 Å². The van der Waals surface area contributed by atoms with E-state index in [4.69, 9.17) is 19.7 Å². The average Bonchev–Trinajstić information content (AvgIpc) is 3.60. The first-order valence-corrected chi connectivity index (χ1v) is 24.4. The summed E-state index contributed by atoms with van der Waals surface area (Å²) in [5, 5.41) is 0. The second kappa shape index (κ2) is 15.8. The number of aromatic nitrogens is 3. The molecule has 1 unspecified atom stereocenters. The molecule has 0 bridgehead atoms. The van der Waals surface area contributed by atoms with Crippen molar-refractivity contribution in [1.82, 2.24) is 15.0 Å². The maximum Gasteiger partial charge on any atom is 0.164 e. The van der Waals surface area contributed by atoms with Crippen LogP contribution in [-0.2, 0) is 10.8 Å². The van der Waals surface area contributed by atoms with Gasteiger partial charge in [-0.05, 0) is 120 Å². The third kappa shape index (κ3) is 6.27. The molecule has 1 aromatic heterocycles. The van der Waals surface area contributed by atoms with Crippen LogP contribution in [0.2, 0.25) is 0 Å². The third-order valence-corrected chi connectivity index (χ3v) is 15.2. The van der Waals surface area contributed by atoms with E-state index in [1.165, 1.54) is 44.5 Å². The minimum absolute atomic E-state index is 0.216. The summed E-state index contributed by atoms with van der Waals surface area (Å²) in [6, 6.07) is 85.1. The molecule has 71 heavy (non-hydrogen) atoms. The third-order valence-electron chi connectivity index (χ3n) is 15.2. The van der Waals surface area contributed by atoms with Gasteiger partial charge in [0, 0.05) is 33.2 Å². The summed E-state index contributed by atoms with van der Waals surface area (Å²) < 4.78 is 7.16. The van der Waals surface area contributed by atoms with Crippen molar-refractivity contribution < 1.29 is 4.74 Å². The molecule has 0 N–H and O–H groups in total. The van der Waals surface area contributed by atoms with Crippen molar-refractivity contribution in [2.75, 3.05) is 0 Å². The van der Waals surface area contributed by atoms with Crippen LogP contribution in [0.4, 0.5) is 0 Å². The van der Waals surface area contributed by atoms with E-state index in [2.05, 4.69) is 232 Å². The molecule has 1 spiro atoms. The minimum Gasteiger partial charge on any atom is -0.457 e. The molecule has 14 rings (SSSR count). The predicted octanol–water partition coefficient (Wildman–Crippen LogP) is 16.6. The number of fused-ring (bicyclic) bond motifs is 14. The molecule has 0 saturated heterocycles. The second-order valence-corrected chi connectivity index (χ2v) is 19.5. The Bertz CT molecular complexity index is 3880. The molecule has 4 nitrogen and oxygen atoms in total. The Morgan fingerprint density at radius 2 is 0.732 bits per heavy atom. The topological polar surface area (TPSA) is 47.9 Å². The highest BCUT2D eigenvalue weighted by molar-refractivity contribution is 5.95. The van der Waals surface area contributed by atoms with Gasteiger partial charge in [0.15, 0.2) is 17.5 Å². The quantitative estimate of drug-likeness (QED) is 0.173. The Balaban J connectivity index is 1.07. The zero-order chi connectivity index (χ0) is 47.3. The normalized spacial score (nSPS) is 15.2. The standard InChI is InChI=1S/C67H45N3O/c1-66(2)55-30-16-14-29-52(55)54-40-60-62(41-58(54)66)71-61-33-19-18-32-57(61)67(60)56-31-17-15-28-51(56)49-26-12-13-27-50(49)53-35-34-45(39-59(53)67)64-68-63(44-24-10-5-11-25-44)69-65(70-64)48-37-46(42-20-6-3-7-21-42)36-47(38-48)43-22-8-4-9-23-43/h3-41H,1-2H3. The van der Waals surface area contributed by atoms with Gasteiger partial charge in [-0.1, -0.05) is 208 Å². The molecule has 1 aliphatic heterocycles. The van der Waals surface area contributed by atoms with Gasteiger partial charge in [0.1, 0.15) is 11.5 Å². The SMILES string of the molecule is CC1(C)c2ccccc2-c2cc3c(cc21)Oc1ccccc1C31c2ccccc2-c2ccccc2-c2ccc(-c3nc(-c4ccccc4)nc(-c4cc(-c5ccccc5)cc(-c5ccccc5)c4)n3)cc21. The largest absolute Gasteiger partial charge is 0.457 e. The van der Waals surface area contributed by atoms with Crippen LogP contribution in [0.3, 0.4) is 0 Å². The summed E-state index contributed by atoms with van der Waals surface area (Å²) in [4.78, 5) is 16.2. The molecule has 334 valence electrons. The Morgan fingerprint density at radius 1 is 0.268 bits per heavy atom. The van der Waals surface area contributed by atoms with E-state index < -0.39 is 5.41 Å². The van der Waals surface area contributed by atoms with E-state index in [-0.39, 0.29) is 5.41 Å². The summed E-state index contributed by atoms with van der Waals surface area (Å²) in [6.07, 6.45) is 0. The predicted molar refractivity (Wildman–Crippen MR) is 287 cm³/mol. The fraction of sp³-hybridized carbons (Fsp3) is 0.0597. The molecular formula is C67H45N3O. The molecule has 2 aliphatic carbocycles. The number of benzene rings is 10. The summed E-state index contributed by atoms with van der Waals surface area (Å²) in [6.45, 7) is 4.67. The average molecular weight is 908 g/mol. The number of rotatable bonds is 5. The van der Waals surface area contributed by atoms with Crippen molar-refractivity contribution in [2.45, 2.75) is 24.7 Å². The highest BCUT2D eigenvalue weighted by Gasteiger charge is 2.51. The van der Waals surface area contributed by atoms with Gasteiger partial charge in [0.25, 0.3) is 0 Å². The van der Waals surface area contributed by atoms with Crippen LogP contribution < -0.4 is 4.74 Å². The zero-order valence-corrected chi connectivity index (χ0v) is 39.3. The van der Waals surface area contributed by atoms with Gasteiger partial charge in [-0.3, -0.25) is 0 Å². The molecule has 0 fully saturated rings. The first-order chi connectivity index (χ1) is 34.9. The Hall–Kier alpha value is -8.99. The summed E-state index contributed by atoms with van der Waals surface area (Å²) in [5.74, 6) is 3.50. The first-order valence-electron chi connectivity index (χ1n) is 24.4.